The normalized spacial score (nSPS) is 13.1. The molecule has 0 unspecified atom stereocenters. The monoisotopic (exact) mass is 346 g/mol. The number of pyridine rings is 1. The van der Waals surface area contributed by atoms with Gasteiger partial charge in [-0.15, -0.1) is 11.8 Å². The van der Waals surface area contributed by atoms with Crippen molar-refractivity contribution in [1.82, 2.24) is 10.3 Å². The van der Waals surface area contributed by atoms with E-state index in [9.17, 15) is 9.59 Å². The molecule has 0 atom stereocenters. The van der Waals surface area contributed by atoms with Crippen molar-refractivity contribution in [2.75, 3.05) is 13.0 Å². The number of ether oxygens (including phenoxy) is 2. The fourth-order valence-corrected chi connectivity index (χ4v) is 3.32. The number of hydrogen-bond donors (Lipinski definition) is 2. The van der Waals surface area contributed by atoms with Crippen LogP contribution in [0.15, 0.2) is 34.0 Å². The minimum absolute atomic E-state index is 0.163. The first-order valence-corrected chi connectivity index (χ1v) is 8.70. The molecule has 1 aromatic carbocycles. The highest BCUT2D eigenvalue weighted by atomic mass is 32.2. The summed E-state index contributed by atoms with van der Waals surface area (Å²) in [6, 6.07) is 7.21. The lowest BCUT2D eigenvalue weighted by Crippen LogP contribution is -2.29. The van der Waals surface area contributed by atoms with E-state index in [1.165, 1.54) is 11.8 Å². The van der Waals surface area contributed by atoms with E-state index in [4.69, 9.17) is 9.47 Å². The molecule has 0 spiro atoms. The summed E-state index contributed by atoms with van der Waals surface area (Å²) in [4.78, 5) is 28.3. The molecule has 1 aliphatic heterocycles. The van der Waals surface area contributed by atoms with Crippen LogP contribution in [0.3, 0.4) is 0 Å². The predicted octanol–water partition coefficient (Wildman–Crippen LogP) is 2.20. The number of carbonyl (C=O) groups is 1. The number of aromatic amines is 1. The fraction of sp³-hybridized carbons (Fsp3) is 0.294. The van der Waals surface area contributed by atoms with Gasteiger partial charge in [0.25, 0.3) is 11.5 Å². The van der Waals surface area contributed by atoms with Crippen LogP contribution in [0.25, 0.3) is 0 Å². The van der Waals surface area contributed by atoms with Crippen LogP contribution < -0.4 is 15.6 Å². The van der Waals surface area contributed by atoms with Crippen LogP contribution in [-0.2, 0) is 17.9 Å². The quantitative estimate of drug-likeness (QED) is 0.830. The van der Waals surface area contributed by atoms with E-state index < -0.39 is 0 Å². The van der Waals surface area contributed by atoms with E-state index in [2.05, 4.69) is 10.3 Å². The Balaban J connectivity index is 1.81. The second-order valence-corrected chi connectivity index (χ2v) is 6.25. The lowest BCUT2D eigenvalue weighted by atomic mass is 10.1. The summed E-state index contributed by atoms with van der Waals surface area (Å²) in [5.74, 6) is 0.403. The van der Waals surface area contributed by atoms with E-state index in [-0.39, 0.29) is 24.8 Å². The van der Waals surface area contributed by atoms with Gasteiger partial charge >= 0.3 is 0 Å². The average Bonchev–Trinajstić information content (AvgIpc) is 2.59. The Bertz CT molecular complexity index is 832. The number of rotatable bonds is 4. The highest BCUT2D eigenvalue weighted by Gasteiger charge is 2.19. The molecule has 0 aliphatic carbocycles. The zero-order chi connectivity index (χ0) is 17.1. The van der Waals surface area contributed by atoms with Crippen molar-refractivity contribution < 1.29 is 14.3 Å². The Morgan fingerprint density at radius 2 is 2.25 bits per heavy atom. The molecule has 1 aliphatic rings. The molecule has 2 aromatic rings. The molecule has 3 rings (SSSR count). The number of fused-ring (bicyclic) bond motifs is 1. The van der Waals surface area contributed by atoms with Gasteiger partial charge in [-0.05, 0) is 31.4 Å². The summed E-state index contributed by atoms with van der Waals surface area (Å²) in [6.45, 7) is 2.52. The van der Waals surface area contributed by atoms with Gasteiger partial charge in [-0.3, -0.25) is 9.59 Å². The van der Waals surface area contributed by atoms with Crippen molar-refractivity contribution in [3.8, 4) is 5.75 Å². The third-order valence-electron chi connectivity index (χ3n) is 3.80. The Morgan fingerprint density at radius 1 is 1.42 bits per heavy atom. The number of amides is 1. The SMILES string of the molecule is CSc1cc(C)[nH]c(=O)c1CNC(=O)c1cccc2c1COCO2. The van der Waals surface area contributed by atoms with E-state index in [0.29, 0.717) is 23.5 Å². The van der Waals surface area contributed by atoms with Gasteiger partial charge in [0.2, 0.25) is 0 Å². The molecule has 2 heterocycles. The topological polar surface area (TPSA) is 80.4 Å². The van der Waals surface area contributed by atoms with Gasteiger partial charge in [0.1, 0.15) is 5.75 Å². The molecule has 0 bridgehead atoms. The summed E-state index contributed by atoms with van der Waals surface area (Å²) >= 11 is 1.48. The number of nitrogens with one attached hydrogen (secondary N) is 2. The molecule has 7 heteroatoms. The third-order valence-corrected chi connectivity index (χ3v) is 4.60. The molecule has 0 saturated carbocycles. The lowest BCUT2D eigenvalue weighted by Gasteiger charge is -2.20. The summed E-state index contributed by atoms with van der Waals surface area (Å²) in [5.41, 5.74) is 2.40. The fourth-order valence-electron chi connectivity index (χ4n) is 2.61. The maximum Gasteiger partial charge on any atom is 0.254 e. The Labute approximate surface area is 143 Å². The molecular formula is C17H18N2O4S. The zero-order valence-electron chi connectivity index (χ0n) is 13.5. The van der Waals surface area contributed by atoms with Crippen molar-refractivity contribution >= 4 is 17.7 Å². The van der Waals surface area contributed by atoms with Crippen LogP contribution in [0.4, 0.5) is 0 Å². The number of carbonyl (C=O) groups excluding carboxylic acids is 1. The summed E-state index contributed by atoms with van der Waals surface area (Å²) < 4.78 is 10.6. The van der Waals surface area contributed by atoms with Crippen molar-refractivity contribution in [2.45, 2.75) is 25.0 Å². The molecule has 6 nitrogen and oxygen atoms in total. The van der Waals surface area contributed by atoms with Gasteiger partial charge in [-0.2, -0.15) is 0 Å². The van der Waals surface area contributed by atoms with Gasteiger partial charge in [0, 0.05) is 33.8 Å². The first-order valence-electron chi connectivity index (χ1n) is 7.47. The van der Waals surface area contributed by atoms with Gasteiger partial charge < -0.3 is 19.8 Å². The summed E-state index contributed by atoms with van der Waals surface area (Å²) in [6.07, 6.45) is 1.90. The number of H-pyrrole nitrogens is 1. The van der Waals surface area contributed by atoms with E-state index in [0.717, 1.165) is 16.2 Å². The Kier molecular flexibility index (Phi) is 4.92. The van der Waals surface area contributed by atoms with Crippen molar-refractivity contribution in [1.29, 1.82) is 0 Å². The number of aromatic nitrogens is 1. The molecule has 1 aromatic heterocycles. The smallest absolute Gasteiger partial charge is 0.254 e. The van der Waals surface area contributed by atoms with Crippen LogP contribution >= 0.6 is 11.8 Å². The van der Waals surface area contributed by atoms with E-state index >= 15 is 0 Å². The summed E-state index contributed by atoms with van der Waals surface area (Å²) in [7, 11) is 0. The van der Waals surface area contributed by atoms with Gasteiger partial charge in [-0.25, -0.2) is 0 Å². The van der Waals surface area contributed by atoms with Crippen molar-refractivity contribution in [3.63, 3.8) is 0 Å². The lowest BCUT2D eigenvalue weighted by molar-refractivity contribution is -0.0167. The molecular weight excluding hydrogens is 328 g/mol. The molecule has 1 amide bonds. The number of thioether (sulfide) groups is 1. The predicted molar refractivity (Wildman–Crippen MR) is 91.5 cm³/mol. The van der Waals surface area contributed by atoms with Crippen LogP contribution in [0, 0.1) is 6.92 Å². The van der Waals surface area contributed by atoms with E-state index in [1.54, 1.807) is 12.1 Å². The first kappa shape index (κ1) is 16.6. The second-order valence-electron chi connectivity index (χ2n) is 5.40. The number of hydrogen-bond acceptors (Lipinski definition) is 5. The van der Waals surface area contributed by atoms with Crippen LogP contribution in [-0.4, -0.2) is 23.9 Å². The second kappa shape index (κ2) is 7.11. The molecule has 2 N–H and O–H groups in total. The number of aryl methyl sites for hydroxylation is 1. The number of benzene rings is 1. The largest absolute Gasteiger partial charge is 0.467 e. The highest BCUT2D eigenvalue weighted by Crippen LogP contribution is 2.26. The maximum absolute atomic E-state index is 12.5. The Morgan fingerprint density at radius 3 is 3.04 bits per heavy atom. The maximum atomic E-state index is 12.5. The minimum Gasteiger partial charge on any atom is -0.467 e. The van der Waals surface area contributed by atoms with Crippen LogP contribution in [0.1, 0.15) is 27.2 Å². The highest BCUT2D eigenvalue weighted by molar-refractivity contribution is 7.98. The first-order chi connectivity index (χ1) is 11.6. The van der Waals surface area contributed by atoms with E-state index in [1.807, 2.05) is 25.3 Å². The summed E-state index contributed by atoms with van der Waals surface area (Å²) in [5, 5.41) is 2.82. The standard InChI is InChI=1S/C17H18N2O4S/c1-10-6-15(24-2)12(17(21)19-10)7-18-16(20)11-4-3-5-14-13(11)8-22-9-23-14/h3-6H,7-9H2,1-2H3,(H,18,20)(H,19,21). The van der Waals surface area contributed by atoms with Gasteiger partial charge in [-0.1, -0.05) is 6.07 Å². The molecule has 0 radical (unpaired) electrons. The average molecular weight is 346 g/mol. The Hall–Kier alpha value is -2.25. The molecule has 0 fully saturated rings. The molecule has 0 saturated heterocycles. The van der Waals surface area contributed by atoms with Gasteiger partial charge in [0.05, 0.1) is 6.61 Å². The molecule has 24 heavy (non-hydrogen) atoms. The van der Waals surface area contributed by atoms with Gasteiger partial charge in [0.15, 0.2) is 6.79 Å². The van der Waals surface area contributed by atoms with Crippen molar-refractivity contribution in [3.05, 3.63) is 57.0 Å². The van der Waals surface area contributed by atoms with Crippen molar-refractivity contribution in [2.24, 2.45) is 0 Å². The third kappa shape index (κ3) is 3.32. The van der Waals surface area contributed by atoms with Crippen LogP contribution in [0.5, 0.6) is 5.75 Å². The van der Waals surface area contributed by atoms with Crippen LogP contribution in [0.2, 0.25) is 0 Å². The molecule has 126 valence electrons. The zero-order valence-corrected chi connectivity index (χ0v) is 14.3. The minimum atomic E-state index is -0.257.